The molecule has 9 heteroatoms. The molecule has 1 aliphatic rings. The molecule has 1 amide bonds. The summed E-state index contributed by atoms with van der Waals surface area (Å²) in [7, 11) is 2.00. The highest BCUT2D eigenvalue weighted by atomic mass is 16.1. The average molecular weight is 497 g/mol. The molecule has 1 aliphatic heterocycles. The lowest BCUT2D eigenvalue weighted by molar-refractivity contribution is 0.100. The lowest BCUT2D eigenvalue weighted by Crippen LogP contribution is -2.34. The Morgan fingerprint density at radius 3 is 2.53 bits per heavy atom. The van der Waals surface area contributed by atoms with E-state index in [0.29, 0.717) is 35.4 Å². The summed E-state index contributed by atoms with van der Waals surface area (Å²) < 4.78 is 0. The van der Waals surface area contributed by atoms with Crippen LogP contribution in [-0.4, -0.2) is 64.5 Å². The molecule has 1 fully saturated rings. The first kappa shape index (κ1) is 27.6. The summed E-state index contributed by atoms with van der Waals surface area (Å²) in [5, 5.41) is 6.86. The minimum Gasteiger partial charge on any atom is -0.366 e. The number of amides is 1. The van der Waals surface area contributed by atoms with Gasteiger partial charge >= 0.3 is 0 Å². The molecule has 2 heterocycles. The zero-order valence-corrected chi connectivity index (χ0v) is 23.2. The molecule has 1 aromatic carbocycles. The zero-order valence-electron chi connectivity index (χ0n) is 23.2. The molecule has 2 aromatic rings. The minimum atomic E-state index is -0.473. The van der Waals surface area contributed by atoms with Crippen molar-refractivity contribution in [3.63, 3.8) is 0 Å². The van der Waals surface area contributed by atoms with Crippen LogP contribution in [0.4, 0.5) is 23.5 Å². The molecule has 3 rings (SSSR count). The van der Waals surface area contributed by atoms with E-state index >= 15 is 0 Å². The molecule has 1 aromatic heterocycles. The fraction of sp³-hybridized carbons (Fsp3) is 0.630. The van der Waals surface area contributed by atoms with E-state index in [1.165, 1.54) is 6.42 Å². The largest absolute Gasteiger partial charge is 0.366 e. The quantitative estimate of drug-likeness (QED) is 0.443. The van der Waals surface area contributed by atoms with Gasteiger partial charge < -0.3 is 21.3 Å². The van der Waals surface area contributed by atoms with E-state index in [1.54, 1.807) is 12.1 Å². The highest BCUT2D eigenvalue weighted by Gasteiger charge is 2.27. The van der Waals surface area contributed by atoms with Crippen molar-refractivity contribution in [1.82, 2.24) is 19.9 Å². The first-order chi connectivity index (χ1) is 16.8. The Balaban J connectivity index is 1.85. The van der Waals surface area contributed by atoms with Crippen LogP contribution < -0.4 is 21.3 Å². The number of benzene rings is 1. The standard InChI is InChI=1S/C27H44N8O/c1-17(2)13-19(4)35-12-11-21(15-35)29-24-31-25(33-26(32-24)34(8)16-27(5,6)7)30-22-14-20(23(28)36)10-9-18(22)3/h9-10,14,17,19,21H,11-13,15-16H2,1-8H3,(H2,28,36)(H2,29,30,31,32,33)/t19?,21-/m1/s1. The van der Waals surface area contributed by atoms with Crippen molar-refractivity contribution in [2.24, 2.45) is 17.1 Å². The van der Waals surface area contributed by atoms with Crippen LogP contribution >= 0.6 is 0 Å². The van der Waals surface area contributed by atoms with Gasteiger partial charge in [-0.25, -0.2) is 0 Å². The van der Waals surface area contributed by atoms with E-state index in [9.17, 15) is 4.79 Å². The van der Waals surface area contributed by atoms with E-state index < -0.39 is 5.91 Å². The second-order valence-corrected chi connectivity index (χ2v) is 11.8. The Bertz CT molecular complexity index is 1050. The van der Waals surface area contributed by atoms with Crippen LogP contribution in [0.5, 0.6) is 0 Å². The molecule has 0 radical (unpaired) electrons. The fourth-order valence-electron chi connectivity index (χ4n) is 4.79. The monoisotopic (exact) mass is 496 g/mol. The third-order valence-corrected chi connectivity index (χ3v) is 6.43. The number of nitrogens with two attached hydrogens (primary N) is 1. The number of aromatic nitrogens is 3. The van der Waals surface area contributed by atoms with Crippen molar-refractivity contribution < 1.29 is 4.79 Å². The Morgan fingerprint density at radius 1 is 1.19 bits per heavy atom. The third-order valence-electron chi connectivity index (χ3n) is 6.43. The molecule has 4 N–H and O–H groups in total. The SMILES string of the molecule is Cc1ccc(C(N)=O)cc1Nc1nc(N[C@@H]2CCN(C(C)CC(C)C)C2)nc(N(C)CC(C)(C)C)n1. The van der Waals surface area contributed by atoms with Crippen molar-refractivity contribution in [1.29, 1.82) is 0 Å². The van der Waals surface area contributed by atoms with Gasteiger partial charge in [-0.05, 0) is 55.7 Å². The van der Waals surface area contributed by atoms with Gasteiger partial charge in [0.1, 0.15) is 0 Å². The summed E-state index contributed by atoms with van der Waals surface area (Å²) in [5.41, 5.74) is 7.71. The Hall–Kier alpha value is -2.94. The van der Waals surface area contributed by atoms with Crippen LogP contribution in [0.3, 0.4) is 0 Å². The highest BCUT2D eigenvalue weighted by Crippen LogP contribution is 2.25. The van der Waals surface area contributed by atoms with E-state index in [-0.39, 0.29) is 11.5 Å². The minimum absolute atomic E-state index is 0.0769. The normalized spacial score (nSPS) is 17.3. The summed E-state index contributed by atoms with van der Waals surface area (Å²) in [6.07, 6.45) is 2.24. The highest BCUT2D eigenvalue weighted by molar-refractivity contribution is 5.94. The molecular weight excluding hydrogens is 452 g/mol. The first-order valence-electron chi connectivity index (χ1n) is 13.0. The van der Waals surface area contributed by atoms with E-state index in [2.05, 4.69) is 62.0 Å². The van der Waals surface area contributed by atoms with Gasteiger partial charge in [-0.3, -0.25) is 9.69 Å². The van der Waals surface area contributed by atoms with Gasteiger partial charge in [0, 0.05) is 50.0 Å². The third kappa shape index (κ3) is 7.78. The van der Waals surface area contributed by atoms with Gasteiger partial charge in [0.15, 0.2) is 0 Å². The van der Waals surface area contributed by atoms with Crippen LogP contribution in [0.2, 0.25) is 0 Å². The molecule has 2 atom stereocenters. The number of primary amides is 1. The molecule has 36 heavy (non-hydrogen) atoms. The molecular formula is C27H44N8O. The first-order valence-corrected chi connectivity index (χ1v) is 13.0. The average Bonchev–Trinajstić information content (AvgIpc) is 3.22. The number of nitrogens with one attached hydrogen (secondary N) is 2. The lowest BCUT2D eigenvalue weighted by atomic mass is 9.96. The van der Waals surface area contributed by atoms with Crippen molar-refractivity contribution in [3.8, 4) is 0 Å². The predicted octanol–water partition coefficient (Wildman–Crippen LogP) is 4.43. The summed E-state index contributed by atoms with van der Waals surface area (Å²) in [6.45, 7) is 18.2. The van der Waals surface area contributed by atoms with Crippen LogP contribution in [0.25, 0.3) is 0 Å². The molecule has 0 bridgehead atoms. The smallest absolute Gasteiger partial charge is 0.248 e. The van der Waals surface area contributed by atoms with Crippen LogP contribution in [0, 0.1) is 18.3 Å². The second-order valence-electron chi connectivity index (χ2n) is 11.8. The second kappa shape index (κ2) is 11.4. The van der Waals surface area contributed by atoms with Crippen molar-refractivity contribution in [2.45, 2.75) is 73.4 Å². The topological polar surface area (TPSA) is 112 Å². The summed E-state index contributed by atoms with van der Waals surface area (Å²) in [4.78, 5) is 30.5. The maximum Gasteiger partial charge on any atom is 0.248 e. The number of anilines is 4. The van der Waals surface area contributed by atoms with Crippen LogP contribution in [-0.2, 0) is 0 Å². The Morgan fingerprint density at radius 2 is 1.89 bits per heavy atom. The molecule has 9 nitrogen and oxygen atoms in total. The van der Waals surface area contributed by atoms with Crippen molar-refractivity contribution in [3.05, 3.63) is 29.3 Å². The number of aryl methyl sites for hydroxylation is 1. The maximum absolute atomic E-state index is 11.7. The Labute approximate surface area is 216 Å². The summed E-state index contributed by atoms with van der Waals surface area (Å²) in [5.74, 6) is 1.78. The van der Waals surface area contributed by atoms with Gasteiger partial charge in [-0.1, -0.05) is 40.7 Å². The van der Waals surface area contributed by atoms with Gasteiger partial charge in [0.25, 0.3) is 0 Å². The van der Waals surface area contributed by atoms with E-state index in [4.69, 9.17) is 20.7 Å². The number of carbonyl (C=O) groups is 1. The Kier molecular flexibility index (Phi) is 8.76. The molecule has 0 saturated carbocycles. The molecule has 1 saturated heterocycles. The number of rotatable bonds is 10. The van der Waals surface area contributed by atoms with E-state index in [0.717, 1.165) is 37.3 Å². The van der Waals surface area contributed by atoms with Crippen molar-refractivity contribution in [2.75, 3.05) is 42.2 Å². The molecule has 198 valence electrons. The van der Waals surface area contributed by atoms with Crippen LogP contribution in [0.1, 0.15) is 70.3 Å². The number of nitrogens with zero attached hydrogens (tertiary/aromatic N) is 5. The molecule has 0 aliphatic carbocycles. The predicted molar refractivity (Wildman–Crippen MR) is 148 cm³/mol. The summed E-state index contributed by atoms with van der Waals surface area (Å²) >= 11 is 0. The number of carbonyl (C=O) groups excluding carboxylic acids is 1. The van der Waals surface area contributed by atoms with Gasteiger partial charge in [-0.15, -0.1) is 0 Å². The number of hydrogen-bond acceptors (Lipinski definition) is 8. The van der Waals surface area contributed by atoms with Gasteiger partial charge in [0.2, 0.25) is 23.8 Å². The fourth-order valence-corrected chi connectivity index (χ4v) is 4.79. The molecule has 0 spiro atoms. The maximum atomic E-state index is 11.7. The lowest BCUT2D eigenvalue weighted by Gasteiger charge is -2.27. The van der Waals surface area contributed by atoms with E-state index in [1.807, 2.05) is 20.0 Å². The number of hydrogen-bond donors (Lipinski definition) is 3. The number of likely N-dealkylation sites (tertiary alicyclic amines) is 1. The van der Waals surface area contributed by atoms with Crippen molar-refractivity contribution >= 4 is 29.4 Å². The molecule has 1 unspecified atom stereocenters. The zero-order chi connectivity index (χ0) is 26.6. The van der Waals surface area contributed by atoms with Crippen LogP contribution in [0.15, 0.2) is 18.2 Å². The summed E-state index contributed by atoms with van der Waals surface area (Å²) in [6, 6.07) is 6.15. The van der Waals surface area contributed by atoms with Gasteiger partial charge in [0.05, 0.1) is 0 Å². The van der Waals surface area contributed by atoms with Gasteiger partial charge in [-0.2, -0.15) is 15.0 Å².